The van der Waals surface area contributed by atoms with Gasteiger partial charge in [0.2, 0.25) is 11.8 Å². The van der Waals surface area contributed by atoms with Crippen molar-refractivity contribution in [2.45, 2.75) is 38.6 Å². The number of nitrogens with zero attached hydrogens (tertiary/aromatic N) is 5. The number of hydrogen-bond acceptors (Lipinski definition) is 5. The smallest absolute Gasteiger partial charge is 0.242 e. The molecule has 0 spiro atoms. The molecular formula is C15H24N6O2. The van der Waals surface area contributed by atoms with Crippen molar-refractivity contribution in [2.75, 3.05) is 33.2 Å². The van der Waals surface area contributed by atoms with Gasteiger partial charge < -0.3 is 19.6 Å². The zero-order valence-corrected chi connectivity index (χ0v) is 13.8. The Balaban J connectivity index is 1.47. The van der Waals surface area contributed by atoms with Crippen molar-refractivity contribution in [2.24, 2.45) is 4.99 Å². The third kappa shape index (κ3) is 3.80. The van der Waals surface area contributed by atoms with Gasteiger partial charge in [-0.15, -0.1) is 0 Å². The topological polar surface area (TPSA) is 86.9 Å². The van der Waals surface area contributed by atoms with Crippen LogP contribution in [0.15, 0.2) is 9.52 Å². The fraction of sp³-hybridized carbons (Fsp3) is 0.733. The highest BCUT2D eigenvalue weighted by Crippen LogP contribution is 2.27. The second-order valence-electron chi connectivity index (χ2n) is 5.92. The van der Waals surface area contributed by atoms with Gasteiger partial charge in [-0.05, 0) is 12.8 Å². The molecule has 2 heterocycles. The number of aromatic nitrogens is 2. The van der Waals surface area contributed by atoms with Crippen LogP contribution in [0.25, 0.3) is 0 Å². The number of rotatable bonds is 5. The van der Waals surface area contributed by atoms with Crippen LogP contribution in [0.4, 0.5) is 0 Å². The third-order valence-electron chi connectivity index (χ3n) is 4.20. The summed E-state index contributed by atoms with van der Waals surface area (Å²) in [5.74, 6) is 2.31. The summed E-state index contributed by atoms with van der Waals surface area (Å²) in [5, 5.41) is 7.21. The van der Waals surface area contributed by atoms with Crippen LogP contribution in [-0.2, 0) is 17.6 Å². The number of aliphatic imine (C=N–C) groups is 1. The van der Waals surface area contributed by atoms with Gasteiger partial charge in [-0.1, -0.05) is 12.1 Å². The Hall–Kier alpha value is -2.12. The Bertz CT molecular complexity index is 580. The minimum Gasteiger partial charge on any atom is -0.356 e. The Labute approximate surface area is 135 Å². The molecule has 0 atom stereocenters. The molecule has 2 fully saturated rings. The van der Waals surface area contributed by atoms with Crippen LogP contribution in [-0.4, -0.2) is 71.1 Å². The van der Waals surface area contributed by atoms with E-state index < -0.39 is 0 Å². The summed E-state index contributed by atoms with van der Waals surface area (Å²) in [7, 11) is 1.74. The standard InChI is InChI=1S/C15H24N6O2/c1-3-13-18-12(19-23-13)6-7-17-15(16-2)20-8-9-21(11-4-5-11)14(22)10-20/h11H,3-10H2,1-2H3,(H,16,17). The van der Waals surface area contributed by atoms with Gasteiger partial charge in [0.15, 0.2) is 11.8 Å². The fourth-order valence-corrected chi connectivity index (χ4v) is 2.79. The Morgan fingerprint density at radius 2 is 2.26 bits per heavy atom. The highest BCUT2D eigenvalue weighted by molar-refractivity contribution is 5.87. The summed E-state index contributed by atoms with van der Waals surface area (Å²) in [6.07, 6.45) is 3.72. The first-order chi connectivity index (χ1) is 11.2. The lowest BCUT2D eigenvalue weighted by Crippen LogP contribution is -2.55. The molecule has 23 heavy (non-hydrogen) atoms. The van der Waals surface area contributed by atoms with E-state index in [1.807, 2.05) is 16.7 Å². The van der Waals surface area contributed by atoms with E-state index >= 15 is 0 Å². The molecule has 1 saturated carbocycles. The normalized spacial score (nSPS) is 19.4. The second-order valence-corrected chi connectivity index (χ2v) is 5.92. The molecule has 1 N–H and O–H groups in total. The largest absolute Gasteiger partial charge is 0.356 e. The van der Waals surface area contributed by atoms with Crippen LogP contribution in [0.2, 0.25) is 0 Å². The monoisotopic (exact) mass is 320 g/mol. The van der Waals surface area contributed by atoms with Crippen LogP contribution in [0.5, 0.6) is 0 Å². The molecule has 0 unspecified atom stereocenters. The SMILES string of the molecule is CCc1nc(CCNC(=NC)N2CCN(C3CC3)C(=O)C2)no1. The molecule has 0 radical (unpaired) electrons. The maximum absolute atomic E-state index is 12.2. The van der Waals surface area contributed by atoms with Gasteiger partial charge in [-0.25, -0.2) is 0 Å². The lowest BCUT2D eigenvalue weighted by Gasteiger charge is -2.36. The summed E-state index contributed by atoms with van der Waals surface area (Å²) in [6.45, 7) is 4.65. The molecule has 1 aromatic rings. The van der Waals surface area contributed by atoms with Crippen molar-refractivity contribution in [1.29, 1.82) is 0 Å². The fourth-order valence-electron chi connectivity index (χ4n) is 2.79. The van der Waals surface area contributed by atoms with Gasteiger partial charge in [0.1, 0.15) is 0 Å². The van der Waals surface area contributed by atoms with E-state index in [-0.39, 0.29) is 5.91 Å². The van der Waals surface area contributed by atoms with Crippen molar-refractivity contribution < 1.29 is 9.32 Å². The summed E-state index contributed by atoms with van der Waals surface area (Å²) in [5.41, 5.74) is 0. The van der Waals surface area contributed by atoms with Gasteiger partial charge in [-0.3, -0.25) is 9.79 Å². The minimum atomic E-state index is 0.201. The van der Waals surface area contributed by atoms with Gasteiger partial charge in [0.25, 0.3) is 0 Å². The van der Waals surface area contributed by atoms with Crippen molar-refractivity contribution in [3.63, 3.8) is 0 Å². The highest BCUT2D eigenvalue weighted by Gasteiger charge is 2.36. The predicted molar refractivity (Wildman–Crippen MR) is 85.0 cm³/mol. The Morgan fingerprint density at radius 3 is 2.87 bits per heavy atom. The summed E-state index contributed by atoms with van der Waals surface area (Å²) in [4.78, 5) is 24.8. The number of carbonyl (C=O) groups is 1. The first-order valence-electron chi connectivity index (χ1n) is 8.27. The van der Waals surface area contributed by atoms with Crippen LogP contribution < -0.4 is 5.32 Å². The molecule has 2 aliphatic rings. The number of hydrogen-bond donors (Lipinski definition) is 1. The zero-order chi connectivity index (χ0) is 16.2. The van der Waals surface area contributed by atoms with Crippen LogP contribution >= 0.6 is 0 Å². The first kappa shape index (κ1) is 15.8. The molecule has 1 aromatic heterocycles. The number of nitrogens with one attached hydrogen (secondary N) is 1. The van der Waals surface area contributed by atoms with Crippen molar-refractivity contribution in [3.05, 3.63) is 11.7 Å². The van der Waals surface area contributed by atoms with Gasteiger partial charge in [0, 0.05) is 45.6 Å². The molecule has 8 nitrogen and oxygen atoms in total. The molecule has 126 valence electrons. The number of aryl methyl sites for hydroxylation is 1. The van der Waals surface area contributed by atoms with E-state index in [4.69, 9.17) is 4.52 Å². The summed E-state index contributed by atoms with van der Waals surface area (Å²) in [6, 6.07) is 0.491. The van der Waals surface area contributed by atoms with E-state index in [0.717, 1.165) is 38.3 Å². The minimum absolute atomic E-state index is 0.201. The van der Waals surface area contributed by atoms with E-state index in [1.165, 1.54) is 0 Å². The molecule has 0 aromatic carbocycles. The average Bonchev–Trinajstić information content (AvgIpc) is 3.30. The van der Waals surface area contributed by atoms with Gasteiger partial charge in [0.05, 0.1) is 6.54 Å². The van der Waals surface area contributed by atoms with E-state index in [9.17, 15) is 4.79 Å². The Kier molecular flexibility index (Phi) is 4.78. The highest BCUT2D eigenvalue weighted by atomic mass is 16.5. The maximum Gasteiger partial charge on any atom is 0.242 e. The summed E-state index contributed by atoms with van der Waals surface area (Å²) < 4.78 is 5.09. The quantitative estimate of drug-likeness (QED) is 0.610. The molecule has 8 heteroatoms. The van der Waals surface area contributed by atoms with Crippen LogP contribution in [0.1, 0.15) is 31.5 Å². The molecule has 1 saturated heterocycles. The Morgan fingerprint density at radius 1 is 1.43 bits per heavy atom. The molecular weight excluding hydrogens is 296 g/mol. The molecule has 1 amide bonds. The molecule has 1 aliphatic heterocycles. The number of carbonyl (C=O) groups excluding carboxylic acids is 1. The first-order valence-corrected chi connectivity index (χ1v) is 8.27. The van der Waals surface area contributed by atoms with Gasteiger partial charge >= 0.3 is 0 Å². The van der Waals surface area contributed by atoms with Crippen molar-refractivity contribution >= 4 is 11.9 Å². The van der Waals surface area contributed by atoms with Crippen LogP contribution in [0.3, 0.4) is 0 Å². The molecule has 0 bridgehead atoms. The number of amides is 1. The third-order valence-corrected chi connectivity index (χ3v) is 4.20. The summed E-state index contributed by atoms with van der Waals surface area (Å²) >= 11 is 0. The van der Waals surface area contributed by atoms with Crippen molar-refractivity contribution in [3.8, 4) is 0 Å². The molecule has 3 rings (SSSR count). The number of piperazine rings is 1. The average molecular weight is 320 g/mol. The lowest BCUT2D eigenvalue weighted by atomic mass is 10.3. The van der Waals surface area contributed by atoms with E-state index in [1.54, 1.807) is 7.05 Å². The van der Waals surface area contributed by atoms with Gasteiger partial charge in [-0.2, -0.15) is 4.98 Å². The second kappa shape index (κ2) is 6.97. The maximum atomic E-state index is 12.2. The molecule has 1 aliphatic carbocycles. The van der Waals surface area contributed by atoms with Crippen LogP contribution in [0, 0.1) is 0 Å². The van der Waals surface area contributed by atoms with E-state index in [0.29, 0.717) is 37.3 Å². The van der Waals surface area contributed by atoms with Crippen molar-refractivity contribution in [1.82, 2.24) is 25.3 Å². The predicted octanol–water partition coefficient (Wildman–Crippen LogP) is 0.0565. The lowest BCUT2D eigenvalue weighted by molar-refractivity contribution is -0.135. The van der Waals surface area contributed by atoms with E-state index in [2.05, 4.69) is 20.4 Å². The zero-order valence-electron chi connectivity index (χ0n) is 13.8. The number of guanidine groups is 1.